The molecule has 1 N–H and O–H groups in total. The zero-order valence-electron chi connectivity index (χ0n) is 11.8. The van der Waals surface area contributed by atoms with Crippen molar-refractivity contribution in [2.75, 3.05) is 13.9 Å². The number of hydrogen-bond donors (Lipinski definition) is 1. The lowest BCUT2D eigenvalue weighted by Gasteiger charge is -2.09. The van der Waals surface area contributed by atoms with E-state index in [0.29, 0.717) is 23.5 Å². The van der Waals surface area contributed by atoms with Gasteiger partial charge in [0.05, 0.1) is 7.11 Å². The number of pyridine rings is 1. The van der Waals surface area contributed by atoms with E-state index in [1.807, 2.05) is 13.0 Å². The second-order valence-electron chi connectivity index (χ2n) is 4.88. The maximum Gasteiger partial charge on any atom is 0.305 e. The third-order valence-corrected chi connectivity index (χ3v) is 3.62. The molecule has 3 rings (SSSR count). The second-order valence-corrected chi connectivity index (χ2v) is 4.88. The first kappa shape index (κ1) is 13.5. The molecule has 6 heteroatoms. The lowest BCUT2D eigenvalue weighted by Crippen LogP contribution is -2.16. The van der Waals surface area contributed by atoms with Crippen LogP contribution in [0.3, 0.4) is 0 Å². The van der Waals surface area contributed by atoms with Crippen molar-refractivity contribution in [1.82, 2.24) is 4.98 Å². The lowest BCUT2D eigenvalue weighted by molar-refractivity contribution is -0.140. The summed E-state index contributed by atoms with van der Waals surface area (Å²) in [6.45, 7) is 2.01. The molecule has 1 aromatic carbocycles. The molecular formula is C15H15NO5. The molecule has 110 valence electrons. The van der Waals surface area contributed by atoms with Crippen LogP contribution in [0.15, 0.2) is 16.9 Å². The molecule has 1 aromatic heterocycles. The third kappa shape index (κ3) is 2.33. The van der Waals surface area contributed by atoms with Crippen molar-refractivity contribution < 1.29 is 19.0 Å². The van der Waals surface area contributed by atoms with E-state index in [9.17, 15) is 9.59 Å². The molecule has 6 nitrogen and oxygen atoms in total. The number of carbonyl (C=O) groups is 1. The van der Waals surface area contributed by atoms with Crippen LogP contribution in [0.4, 0.5) is 0 Å². The Morgan fingerprint density at radius 2 is 1.95 bits per heavy atom. The van der Waals surface area contributed by atoms with Crippen LogP contribution < -0.4 is 15.0 Å². The van der Waals surface area contributed by atoms with Gasteiger partial charge in [0.25, 0.3) is 5.56 Å². The zero-order chi connectivity index (χ0) is 15.0. The van der Waals surface area contributed by atoms with E-state index in [0.717, 1.165) is 16.5 Å². The summed E-state index contributed by atoms with van der Waals surface area (Å²) in [5.41, 5.74) is 1.12. The molecule has 1 aliphatic heterocycles. The van der Waals surface area contributed by atoms with Gasteiger partial charge in [-0.3, -0.25) is 9.59 Å². The topological polar surface area (TPSA) is 77.6 Å². The van der Waals surface area contributed by atoms with E-state index >= 15 is 0 Å². The molecule has 0 spiro atoms. The van der Waals surface area contributed by atoms with Crippen LogP contribution in [-0.4, -0.2) is 24.9 Å². The van der Waals surface area contributed by atoms with Gasteiger partial charge >= 0.3 is 5.97 Å². The predicted molar refractivity (Wildman–Crippen MR) is 75.8 cm³/mol. The first-order chi connectivity index (χ1) is 10.1. The first-order valence-corrected chi connectivity index (χ1v) is 6.62. The number of methoxy groups -OCH3 is 1. The molecule has 21 heavy (non-hydrogen) atoms. The standard InChI is InChI=1S/C15H15NO5/c1-8-10-5-12-13(21-7-20-12)6-11(10)9(15(18)16-8)3-4-14(17)19-2/h5-6H,3-4,7H2,1-2H3,(H,16,18). The number of aryl methyl sites for hydroxylation is 2. The van der Waals surface area contributed by atoms with Gasteiger partial charge in [-0.1, -0.05) is 0 Å². The molecule has 0 bridgehead atoms. The molecule has 0 unspecified atom stereocenters. The Kier molecular flexibility index (Phi) is 3.29. The van der Waals surface area contributed by atoms with Crippen molar-refractivity contribution in [3.05, 3.63) is 33.7 Å². The van der Waals surface area contributed by atoms with E-state index in [-0.39, 0.29) is 24.7 Å². The SMILES string of the molecule is COC(=O)CCc1c(=O)[nH]c(C)c2cc3c(cc12)OCO3. The molecule has 1 aliphatic rings. The molecule has 0 atom stereocenters. The van der Waals surface area contributed by atoms with Crippen molar-refractivity contribution in [2.45, 2.75) is 19.8 Å². The van der Waals surface area contributed by atoms with Crippen molar-refractivity contribution in [2.24, 2.45) is 0 Å². The van der Waals surface area contributed by atoms with Gasteiger partial charge in [0, 0.05) is 23.1 Å². The van der Waals surface area contributed by atoms with Crippen molar-refractivity contribution >= 4 is 16.7 Å². The maximum atomic E-state index is 12.2. The summed E-state index contributed by atoms with van der Waals surface area (Å²) in [7, 11) is 1.33. The summed E-state index contributed by atoms with van der Waals surface area (Å²) in [6, 6.07) is 3.65. The number of hydrogen-bond acceptors (Lipinski definition) is 5. The Labute approximate surface area is 120 Å². The lowest BCUT2D eigenvalue weighted by atomic mass is 10.0. The Morgan fingerprint density at radius 3 is 2.62 bits per heavy atom. The third-order valence-electron chi connectivity index (χ3n) is 3.62. The van der Waals surface area contributed by atoms with Crippen LogP contribution in [0.2, 0.25) is 0 Å². The minimum absolute atomic E-state index is 0.159. The molecule has 2 heterocycles. The summed E-state index contributed by atoms with van der Waals surface area (Å²) in [4.78, 5) is 26.3. The zero-order valence-corrected chi connectivity index (χ0v) is 11.8. The van der Waals surface area contributed by atoms with Crippen LogP contribution in [0, 0.1) is 6.92 Å². The summed E-state index contributed by atoms with van der Waals surface area (Å²) < 4.78 is 15.3. The van der Waals surface area contributed by atoms with Crippen LogP contribution in [0.1, 0.15) is 17.7 Å². The molecule has 0 radical (unpaired) electrons. The smallest absolute Gasteiger partial charge is 0.305 e. The van der Waals surface area contributed by atoms with E-state index in [2.05, 4.69) is 9.72 Å². The molecule has 0 amide bonds. The second kappa shape index (κ2) is 5.12. The highest BCUT2D eigenvalue weighted by Crippen LogP contribution is 2.37. The molecule has 0 fully saturated rings. The van der Waals surface area contributed by atoms with Crippen molar-refractivity contribution in [3.63, 3.8) is 0 Å². The van der Waals surface area contributed by atoms with E-state index in [1.165, 1.54) is 7.11 Å². The van der Waals surface area contributed by atoms with Crippen LogP contribution in [0.25, 0.3) is 10.8 Å². The highest BCUT2D eigenvalue weighted by atomic mass is 16.7. The Balaban J connectivity index is 2.14. The monoisotopic (exact) mass is 289 g/mol. The molecular weight excluding hydrogens is 274 g/mol. The van der Waals surface area contributed by atoms with Gasteiger partial charge < -0.3 is 19.2 Å². The number of esters is 1. The highest BCUT2D eigenvalue weighted by Gasteiger charge is 2.18. The van der Waals surface area contributed by atoms with E-state index < -0.39 is 0 Å². The number of aromatic amines is 1. The fourth-order valence-electron chi connectivity index (χ4n) is 2.51. The minimum atomic E-state index is -0.344. The number of H-pyrrole nitrogens is 1. The van der Waals surface area contributed by atoms with Gasteiger partial charge in [-0.15, -0.1) is 0 Å². The van der Waals surface area contributed by atoms with Crippen LogP contribution in [0.5, 0.6) is 11.5 Å². The Hall–Kier alpha value is -2.50. The number of aromatic nitrogens is 1. The highest BCUT2D eigenvalue weighted by molar-refractivity contribution is 5.90. The minimum Gasteiger partial charge on any atom is -0.469 e. The van der Waals surface area contributed by atoms with Gasteiger partial charge in [-0.2, -0.15) is 0 Å². The van der Waals surface area contributed by atoms with Crippen molar-refractivity contribution in [1.29, 1.82) is 0 Å². The van der Waals surface area contributed by atoms with E-state index in [1.54, 1.807) is 6.07 Å². The molecule has 0 saturated heterocycles. The predicted octanol–water partition coefficient (Wildman–Crippen LogP) is 1.67. The fraction of sp³-hybridized carbons (Fsp3) is 0.333. The van der Waals surface area contributed by atoms with Gasteiger partial charge in [0.2, 0.25) is 6.79 Å². The fourth-order valence-corrected chi connectivity index (χ4v) is 2.51. The summed E-state index contributed by atoms with van der Waals surface area (Å²) in [6.07, 6.45) is 0.477. The summed E-state index contributed by atoms with van der Waals surface area (Å²) in [5, 5.41) is 1.67. The average Bonchev–Trinajstić information content (AvgIpc) is 2.92. The average molecular weight is 289 g/mol. The number of rotatable bonds is 3. The number of ether oxygens (including phenoxy) is 3. The van der Waals surface area contributed by atoms with Gasteiger partial charge in [-0.25, -0.2) is 0 Å². The van der Waals surface area contributed by atoms with Crippen molar-refractivity contribution in [3.8, 4) is 11.5 Å². The van der Waals surface area contributed by atoms with Gasteiger partial charge in [0.15, 0.2) is 11.5 Å². The quantitative estimate of drug-likeness (QED) is 0.870. The largest absolute Gasteiger partial charge is 0.469 e. The Morgan fingerprint density at radius 1 is 1.29 bits per heavy atom. The van der Waals surface area contributed by atoms with Gasteiger partial charge in [-0.05, 0) is 30.9 Å². The first-order valence-electron chi connectivity index (χ1n) is 6.62. The molecule has 2 aromatic rings. The Bertz CT molecular complexity index is 778. The number of nitrogens with one attached hydrogen (secondary N) is 1. The summed E-state index contributed by atoms with van der Waals surface area (Å²) >= 11 is 0. The number of fused-ring (bicyclic) bond motifs is 2. The van der Waals surface area contributed by atoms with Crippen LogP contribution >= 0.6 is 0 Å². The number of carbonyl (C=O) groups excluding carboxylic acids is 1. The van der Waals surface area contributed by atoms with E-state index in [4.69, 9.17) is 9.47 Å². The van der Waals surface area contributed by atoms with Crippen LogP contribution in [-0.2, 0) is 16.0 Å². The van der Waals surface area contributed by atoms with Gasteiger partial charge in [0.1, 0.15) is 0 Å². The normalized spacial score (nSPS) is 12.7. The summed E-state index contributed by atoms with van der Waals surface area (Å²) in [5.74, 6) is 0.937. The molecule has 0 aliphatic carbocycles. The number of benzene rings is 1. The maximum absolute atomic E-state index is 12.2. The molecule has 0 saturated carbocycles.